The Morgan fingerprint density at radius 2 is 1.45 bits per heavy atom. The average molecular weight is 423 g/mol. The molecule has 31 heavy (non-hydrogen) atoms. The zero-order valence-electron chi connectivity index (χ0n) is 18.7. The highest BCUT2D eigenvalue weighted by Gasteiger charge is 2.34. The fourth-order valence-electron chi connectivity index (χ4n) is 5.33. The van der Waals surface area contributed by atoms with E-state index in [0.717, 1.165) is 56.7 Å². The summed E-state index contributed by atoms with van der Waals surface area (Å²) in [4.78, 5) is 5.19. The third-order valence-electron chi connectivity index (χ3n) is 6.72. The molecule has 3 atom stereocenters. The molecular formula is C27H38N2O2. The Balaban J connectivity index is 1.09. The number of fused-ring (bicyclic) bond motifs is 2. The molecule has 4 heteroatoms. The van der Waals surface area contributed by atoms with Gasteiger partial charge in [-0.1, -0.05) is 60.7 Å². The number of ether oxygens (including phenoxy) is 1. The fraction of sp³-hybridized carbons (Fsp3) is 0.556. The molecule has 0 saturated carbocycles. The van der Waals surface area contributed by atoms with E-state index >= 15 is 0 Å². The first-order valence-electron chi connectivity index (χ1n) is 12.1. The van der Waals surface area contributed by atoms with Gasteiger partial charge >= 0.3 is 0 Å². The van der Waals surface area contributed by atoms with Crippen LogP contribution in [0.3, 0.4) is 0 Å². The van der Waals surface area contributed by atoms with E-state index in [1.54, 1.807) is 0 Å². The van der Waals surface area contributed by atoms with Gasteiger partial charge in [-0.15, -0.1) is 0 Å². The number of nitrogens with zero attached hydrogens (tertiary/aromatic N) is 2. The molecule has 2 bridgehead atoms. The number of likely N-dealkylation sites (tertiary alicyclic amines) is 2. The van der Waals surface area contributed by atoms with Crippen molar-refractivity contribution in [1.82, 2.24) is 9.80 Å². The van der Waals surface area contributed by atoms with Crippen LogP contribution in [0.25, 0.3) is 0 Å². The molecule has 4 rings (SSSR count). The third kappa shape index (κ3) is 7.15. The van der Waals surface area contributed by atoms with Crippen LogP contribution in [0.4, 0.5) is 0 Å². The SMILES string of the molecule is O[C@@H](CN1C[C@@H]2C[C@@H](CN(CCCCCOCc3ccccc3)C2)C1)c1ccccc1. The van der Waals surface area contributed by atoms with Gasteiger partial charge in [0.25, 0.3) is 0 Å². The minimum Gasteiger partial charge on any atom is -0.387 e. The molecule has 0 aliphatic carbocycles. The Morgan fingerprint density at radius 1 is 0.806 bits per heavy atom. The largest absolute Gasteiger partial charge is 0.387 e. The van der Waals surface area contributed by atoms with E-state index in [2.05, 4.69) is 34.1 Å². The second-order valence-electron chi connectivity index (χ2n) is 9.47. The van der Waals surface area contributed by atoms with E-state index in [4.69, 9.17) is 4.74 Å². The van der Waals surface area contributed by atoms with Crippen molar-refractivity contribution >= 4 is 0 Å². The monoisotopic (exact) mass is 422 g/mol. The number of rotatable bonds is 11. The third-order valence-corrected chi connectivity index (χ3v) is 6.72. The van der Waals surface area contributed by atoms with Crippen LogP contribution >= 0.6 is 0 Å². The maximum Gasteiger partial charge on any atom is 0.0916 e. The Morgan fingerprint density at radius 3 is 2.16 bits per heavy atom. The summed E-state index contributed by atoms with van der Waals surface area (Å²) in [5, 5.41) is 10.6. The molecule has 1 N–H and O–H groups in total. The predicted molar refractivity (Wildman–Crippen MR) is 126 cm³/mol. The summed E-state index contributed by atoms with van der Waals surface area (Å²) in [6.07, 6.45) is 4.65. The lowest BCUT2D eigenvalue weighted by molar-refractivity contribution is 0.00838. The van der Waals surface area contributed by atoms with E-state index in [-0.39, 0.29) is 6.10 Å². The molecule has 2 saturated heterocycles. The molecule has 0 spiro atoms. The number of hydrogen-bond acceptors (Lipinski definition) is 4. The number of aliphatic hydroxyl groups is 1. The first-order valence-corrected chi connectivity index (χ1v) is 12.1. The highest BCUT2D eigenvalue weighted by molar-refractivity contribution is 5.17. The molecule has 4 nitrogen and oxygen atoms in total. The zero-order valence-corrected chi connectivity index (χ0v) is 18.7. The van der Waals surface area contributed by atoms with Crippen molar-refractivity contribution in [2.24, 2.45) is 11.8 Å². The Bertz CT molecular complexity index is 740. The minimum atomic E-state index is -0.375. The van der Waals surface area contributed by atoms with Crippen molar-refractivity contribution in [3.05, 3.63) is 71.8 Å². The highest BCUT2D eigenvalue weighted by Crippen LogP contribution is 2.30. The van der Waals surface area contributed by atoms with E-state index < -0.39 is 0 Å². The second kappa shape index (κ2) is 11.8. The molecule has 0 aromatic heterocycles. The lowest BCUT2D eigenvalue weighted by Crippen LogP contribution is -2.53. The number of benzene rings is 2. The van der Waals surface area contributed by atoms with Gasteiger partial charge in [-0.2, -0.15) is 0 Å². The number of aliphatic hydroxyl groups excluding tert-OH is 1. The minimum absolute atomic E-state index is 0.375. The summed E-state index contributed by atoms with van der Waals surface area (Å²) in [5.74, 6) is 1.51. The van der Waals surface area contributed by atoms with Crippen molar-refractivity contribution in [3.8, 4) is 0 Å². The lowest BCUT2D eigenvalue weighted by Gasteiger charge is -2.46. The van der Waals surface area contributed by atoms with Crippen molar-refractivity contribution < 1.29 is 9.84 Å². The van der Waals surface area contributed by atoms with Crippen LogP contribution < -0.4 is 0 Å². The van der Waals surface area contributed by atoms with Crippen LogP contribution in [0.5, 0.6) is 0 Å². The van der Waals surface area contributed by atoms with Gasteiger partial charge in [-0.05, 0) is 55.2 Å². The second-order valence-corrected chi connectivity index (χ2v) is 9.47. The number of β-amino-alcohol motifs (C(OH)–C–C–N with tert-alkyl or cyclic N) is 1. The zero-order chi connectivity index (χ0) is 21.3. The van der Waals surface area contributed by atoms with Gasteiger partial charge in [0.15, 0.2) is 0 Å². The summed E-state index contributed by atoms with van der Waals surface area (Å²) in [7, 11) is 0. The van der Waals surface area contributed by atoms with Gasteiger partial charge in [0.2, 0.25) is 0 Å². The van der Waals surface area contributed by atoms with Crippen LogP contribution in [0, 0.1) is 11.8 Å². The molecule has 2 heterocycles. The molecule has 0 amide bonds. The molecule has 2 fully saturated rings. The molecule has 168 valence electrons. The average Bonchev–Trinajstić information content (AvgIpc) is 2.79. The molecule has 0 radical (unpaired) electrons. The predicted octanol–water partition coefficient (Wildman–Crippen LogP) is 4.36. The fourth-order valence-corrected chi connectivity index (χ4v) is 5.33. The number of piperidine rings is 2. The molecule has 2 aliphatic heterocycles. The van der Waals surface area contributed by atoms with Crippen molar-refractivity contribution in [3.63, 3.8) is 0 Å². The first kappa shape index (κ1) is 22.5. The van der Waals surface area contributed by atoms with E-state index in [1.165, 1.54) is 44.5 Å². The summed E-state index contributed by atoms with van der Waals surface area (Å²) < 4.78 is 5.81. The Kier molecular flexibility index (Phi) is 8.53. The van der Waals surface area contributed by atoms with Gasteiger partial charge in [-0.25, -0.2) is 0 Å². The summed E-state index contributed by atoms with van der Waals surface area (Å²) in [5.41, 5.74) is 2.29. The number of hydrogen-bond donors (Lipinski definition) is 1. The van der Waals surface area contributed by atoms with Crippen LogP contribution in [-0.2, 0) is 11.3 Å². The summed E-state index contributed by atoms with van der Waals surface area (Å²) >= 11 is 0. The normalized spacial score (nSPS) is 23.0. The van der Waals surface area contributed by atoms with Crippen LogP contribution in [0.15, 0.2) is 60.7 Å². The van der Waals surface area contributed by atoms with E-state index in [9.17, 15) is 5.11 Å². The maximum absolute atomic E-state index is 10.6. The van der Waals surface area contributed by atoms with Crippen LogP contribution in [0.1, 0.15) is 42.9 Å². The van der Waals surface area contributed by atoms with Gasteiger partial charge in [0.1, 0.15) is 0 Å². The smallest absolute Gasteiger partial charge is 0.0916 e. The lowest BCUT2D eigenvalue weighted by atomic mass is 9.84. The summed E-state index contributed by atoms with van der Waals surface area (Å²) in [6.45, 7) is 8.27. The maximum atomic E-state index is 10.6. The van der Waals surface area contributed by atoms with E-state index in [0.29, 0.717) is 0 Å². The Labute approximate surface area is 187 Å². The van der Waals surface area contributed by atoms with Crippen molar-refractivity contribution in [2.75, 3.05) is 45.9 Å². The quantitative estimate of drug-likeness (QED) is 0.546. The van der Waals surface area contributed by atoms with Crippen LogP contribution in [-0.4, -0.2) is 60.8 Å². The van der Waals surface area contributed by atoms with Gasteiger partial charge in [-0.3, -0.25) is 4.90 Å². The molecule has 2 aromatic carbocycles. The van der Waals surface area contributed by atoms with Crippen LogP contribution in [0.2, 0.25) is 0 Å². The van der Waals surface area contributed by atoms with Gasteiger partial charge in [0, 0.05) is 39.3 Å². The topological polar surface area (TPSA) is 35.9 Å². The standard InChI is InChI=1S/C27H38N2O2/c30-27(26-12-6-2-7-13-26)21-29-19-24-16-25(20-29)18-28(17-24)14-8-3-9-15-31-22-23-10-4-1-5-11-23/h1-2,4-7,10-13,24-25,27,30H,3,8-9,14-22H2/t24-,25+,27-/m0/s1. The number of unbranched alkanes of at least 4 members (excludes halogenated alkanes) is 2. The Hall–Kier alpha value is -1.72. The van der Waals surface area contributed by atoms with E-state index in [1.807, 2.05) is 36.4 Å². The van der Waals surface area contributed by atoms with Gasteiger partial charge < -0.3 is 14.7 Å². The van der Waals surface area contributed by atoms with Crippen molar-refractivity contribution in [2.45, 2.75) is 38.4 Å². The van der Waals surface area contributed by atoms with Gasteiger partial charge in [0.05, 0.1) is 12.7 Å². The van der Waals surface area contributed by atoms with Crippen molar-refractivity contribution in [1.29, 1.82) is 0 Å². The molecule has 0 unspecified atom stereocenters. The molecule has 2 aliphatic rings. The first-order chi connectivity index (χ1) is 15.3. The molecular weight excluding hydrogens is 384 g/mol. The summed E-state index contributed by atoms with van der Waals surface area (Å²) in [6, 6.07) is 20.5. The highest BCUT2D eigenvalue weighted by atomic mass is 16.5. The molecule has 2 aromatic rings.